The highest BCUT2D eigenvalue weighted by atomic mass is 35.5. The van der Waals surface area contributed by atoms with Crippen LogP contribution in [0.25, 0.3) is 0 Å². The smallest absolute Gasteiger partial charge is 0.225 e. The van der Waals surface area contributed by atoms with Crippen molar-refractivity contribution < 1.29 is 9.53 Å². The summed E-state index contributed by atoms with van der Waals surface area (Å²) in [5.74, 6) is 0.490. The Labute approximate surface area is 145 Å². The summed E-state index contributed by atoms with van der Waals surface area (Å²) in [6, 6.07) is 12.7. The van der Waals surface area contributed by atoms with E-state index in [9.17, 15) is 4.79 Å². The molecule has 0 aliphatic heterocycles. The number of halogens is 2. The molecule has 0 radical (unpaired) electrons. The Morgan fingerprint density at radius 3 is 2.61 bits per heavy atom. The van der Waals surface area contributed by atoms with Gasteiger partial charge in [-0.05, 0) is 29.8 Å². The Balaban J connectivity index is 1.75. The molecule has 0 aromatic heterocycles. The van der Waals surface area contributed by atoms with Crippen LogP contribution in [0.15, 0.2) is 42.5 Å². The fourth-order valence-corrected chi connectivity index (χ4v) is 2.49. The Morgan fingerprint density at radius 2 is 1.91 bits per heavy atom. The van der Waals surface area contributed by atoms with E-state index in [1.54, 1.807) is 25.3 Å². The second-order valence-electron chi connectivity index (χ2n) is 4.92. The summed E-state index contributed by atoms with van der Waals surface area (Å²) >= 11 is 12.1. The molecule has 2 aromatic carbocycles. The molecule has 23 heavy (non-hydrogen) atoms. The van der Waals surface area contributed by atoms with Crippen molar-refractivity contribution in [3.8, 4) is 5.75 Å². The van der Waals surface area contributed by atoms with Crippen molar-refractivity contribution >= 4 is 34.8 Å². The molecule has 0 saturated carbocycles. The van der Waals surface area contributed by atoms with Crippen LogP contribution in [-0.4, -0.2) is 19.6 Å². The average Bonchev–Trinajstić information content (AvgIpc) is 2.53. The van der Waals surface area contributed by atoms with Crippen LogP contribution < -0.4 is 15.4 Å². The minimum absolute atomic E-state index is 0.0853. The number of hydrogen-bond donors (Lipinski definition) is 2. The van der Waals surface area contributed by atoms with Crippen molar-refractivity contribution in [2.45, 2.75) is 13.0 Å². The number of ether oxygens (including phenoxy) is 1. The third-order valence-corrected chi connectivity index (χ3v) is 3.90. The minimum Gasteiger partial charge on any atom is -0.495 e. The lowest BCUT2D eigenvalue weighted by molar-refractivity contribution is -0.116. The van der Waals surface area contributed by atoms with Crippen molar-refractivity contribution in [2.24, 2.45) is 0 Å². The molecule has 0 saturated heterocycles. The lowest BCUT2D eigenvalue weighted by Gasteiger charge is -2.09. The summed E-state index contributed by atoms with van der Waals surface area (Å²) in [6.45, 7) is 1.18. The van der Waals surface area contributed by atoms with Gasteiger partial charge in [0.1, 0.15) is 5.75 Å². The molecule has 0 unspecified atom stereocenters. The highest BCUT2D eigenvalue weighted by Crippen LogP contribution is 2.27. The molecule has 2 aromatic rings. The molecule has 1 amide bonds. The molecule has 2 rings (SSSR count). The van der Waals surface area contributed by atoms with Gasteiger partial charge in [0.25, 0.3) is 0 Å². The number of benzene rings is 2. The number of hydrogen-bond acceptors (Lipinski definition) is 3. The Hall–Kier alpha value is -1.75. The van der Waals surface area contributed by atoms with E-state index in [2.05, 4.69) is 10.6 Å². The van der Waals surface area contributed by atoms with Gasteiger partial charge in [-0.15, -0.1) is 0 Å². The van der Waals surface area contributed by atoms with E-state index in [1.165, 1.54) is 0 Å². The molecule has 0 heterocycles. The zero-order valence-corrected chi connectivity index (χ0v) is 14.2. The summed E-state index contributed by atoms with van der Waals surface area (Å²) in [4.78, 5) is 11.9. The molecular formula is C17H18Cl2N2O2. The Bertz CT molecular complexity index is 677. The van der Waals surface area contributed by atoms with E-state index in [0.717, 1.165) is 10.6 Å². The van der Waals surface area contributed by atoms with Crippen LogP contribution in [-0.2, 0) is 11.3 Å². The maximum atomic E-state index is 11.9. The molecular weight excluding hydrogens is 335 g/mol. The van der Waals surface area contributed by atoms with Crippen molar-refractivity contribution in [3.05, 3.63) is 58.1 Å². The zero-order chi connectivity index (χ0) is 16.7. The average molecular weight is 353 g/mol. The maximum Gasteiger partial charge on any atom is 0.225 e. The Kier molecular flexibility index (Phi) is 6.71. The summed E-state index contributed by atoms with van der Waals surface area (Å²) in [5.41, 5.74) is 1.66. The van der Waals surface area contributed by atoms with Gasteiger partial charge >= 0.3 is 0 Å². The van der Waals surface area contributed by atoms with Crippen molar-refractivity contribution in [2.75, 3.05) is 19.0 Å². The van der Waals surface area contributed by atoms with Crippen LogP contribution in [0.3, 0.4) is 0 Å². The highest BCUT2D eigenvalue weighted by molar-refractivity contribution is 6.32. The fourth-order valence-electron chi connectivity index (χ4n) is 2.03. The van der Waals surface area contributed by atoms with E-state index >= 15 is 0 Å². The molecule has 6 heteroatoms. The van der Waals surface area contributed by atoms with Gasteiger partial charge in [0.05, 0.1) is 12.1 Å². The highest BCUT2D eigenvalue weighted by Gasteiger charge is 2.06. The third kappa shape index (κ3) is 5.43. The number of anilines is 1. The quantitative estimate of drug-likeness (QED) is 0.737. The van der Waals surface area contributed by atoms with E-state index in [1.807, 2.05) is 24.3 Å². The molecule has 0 aliphatic carbocycles. The first-order chi connectivity index (χ1) is 11.1. The molecule has 122 valence electrons. The summed E-state index contributed by atoms with van der Waals surface area (Å²) < 4.78 is 5.07. The number of carbonyl (C=O) groups excluding carboxylic acids is 1. The first-order valence-corrected chi connectivity index (χ1v) is 7.93. The zero-order valence-electron chi connectivity index (χ0n) is 12.7. The number of amides is 1. The van der Waals surface area contributed by atoms with Gasteiger partial charge in [-0.25, -0.2) is 0 Å². The number of methoxy groups -OCH3 is 1. The van der Waals surface area contributed by atoms with E-state index in [0.29, 0.717) is 36.0 Å². The van der Waals surface area contributed by atoms with Crippen LogP contribution in [0.4, 0.5) is 5.69 Å². The first kappa shape index (κ1) is 17.6. The first-order valence-electron chi connectivity index (χ1n) is 7.17. The number of carbonyl (C=O) groups is 1. The van der Waals surface area contributed by atoms with Crippen molar-refractivity contribution in [1.29, 1.82) is 0 Å². The molecule has 0 atom stereocenters. The number of rotatable bonds is 7. The van der Waals surface area contributed by atoms with Crippen molar-refractivity contribution in [3.63, 3.8) is 0 Å². The molecule has 0 bridgehead atoms. The topological polar surface area (TPSA) is 50.4 Å². The maximum absolute atomic E-state index is 11.9. The molecule has 2 N–H and O–H groups in total. The summed E-state index contributed by atoms with van der Waals surface area (Å²) in [7, 11) is 1.55. The lowest BCUT2D eigenvalue weighted by atomic mass is 10.2. The largest absolute Gasteiger partial charge is 0.495 e. The van der Waals surface area contributed by atoms with Crippen molar-refractivity contribution in [1.82, 2.24) is 5.32 Å². The van der Waals surface area contributed by atoms with Crippen LogP contribution >= 0.6 is 23.2 Å². The van der Waals surface area contributed by atoms with E-state index < -0.39 is 0 Å². The molecule has 0 spiro atoms. The van der Waals surface area contributed by atoms with Gasteiger partial charge in [-0.1, -0.05) is 41.4 Å². The van der Waals surface area contributed by atoms with Gasteiger partial charge in [0.15, 0.2) is 0 Å². The van der Waals surface area contributed by atoms with Crippen LogP contribution in [0.2, 0.25) is 10.0 Å². The normalized spacial score (nSPS) is 10.4. The van der Waals surface area contributed by atoms with Gasteiger partial charge < -0.3 is 15.4 Å². The van der Waals surface area contributed by atoms with Gasteiger partial charge in [-0.2, -0.15) is 0 Å². The lowest BCUT2D eigenvalue weighted by Crippen LogP contribution is -2.21. The minimum atomic E-state index is -0.0853. The van der Waals surface area contributed by atoms with E-state index in [4.69, 9.17) is 27.9 Å². The molecule has 0 fully saturated rings. The van der Waals surface area contributed by atoms with Gasteiger partial charge in [0, 0.05) is 30.2 Å². The molecule has 4 nitrogen and oxygen atoms in total. The SMILES string of the molecule is COc1ccc(NC(=O)CCNCc2ccccc2Cl)cc1Cl. The van der Waals surface area contributed by atoms with E-state index in [-0.39, 0.29) is 5.91 Å². The van der Waals surface area contributed by atoms with Gasteiger partial charge in [-0.3, -0.25) is 4.79 Å². The second-order valence-corrected chi connectivity index (χ2v) is 5.73. The monoisotopic (exact) mass is 352 g/mol. The standard InChI is InChI=1S/C17H18Cl2N2O2/c1-23-16-7-6-13(10-15(16)19)21-17(22)8-9-20-11-12-4-2-3-5-14(12)18/h2-7,10,20H,8-9,11H2,1H3,(H,21,22). The molecule has 0 aliphatic rings. The van der Waals surface area contributed by atoms with Crippen LogP contribution in [0.1, 0.15) is 12.0 Å². The predicted octanol–water partition coefficient (Wildman–Crippen LogP) is 4.12. The third-order valence-electron chi connectivity index (χ3n) is 3.24. The summed E-state index contributed by atoms with van der Waals surface area (Å²) in [6.07, 6.45) is 0.355. The fraction of sp³-hybridized carbons (Fsp3) is 0.235. The Morgan fingerprint density at radius 1 is 1.13 bits per heavy atom. The summed E-state index contributed by atoms with van der Waals surface area (Å²) in [5, 5.41) is 7.18. The van der Waals surface area contributed by atoms with Crippen LogP contribution in [0, 0.1) is 0 Å². The van der Waals surface area contributed by atoms with Crippen LogP contribution in [0.5, 0.6) is 5.75 Å². The van der Waals surface area contributed by atoms with Gasteiger partial charge in [0.2, 0.25) is 5.91 Å². The predicted molar refractivity (Wildman–Crippen MR) is 94.4 cm³/mol. The second kappa shape index (κ2) is 8.77. The number of nitrogens with one attached hydrogen (secondary N) is 2.